The summed E-state index contributed by atoms with van der Waals surface area (Å²) >= 11 is 0. The highest BCUT2D eigenvalue weighted by Gasteiger charge is 2.42. The van der Waals surface area contributed by atoms with Crippen molar-refractivity contribution in [3.8, 4) is 11.5 Å². The minimum Gasteiger partial charge on any atom is -0.444 e. The number of aryl methyl sites for hydroxylation is 2. The van der Waals surface area contributed by atoms with Crippen molar-refractivity contribution >= 4 is 11.6 Å². The summed E-state index contributed by atoms with van der Waals surface area (Å²) in [5.74, 6) is -1.43. The Bertz CT molecular complexity index is 790. The number of rotatable bonds is 3. The van der Waals surface area contributed by atoms with Crippen LogP contribution in [0.25, 0.3) is 11.5 Å². The Hall–Kier alpha value is -2.31. The average molecular weight is 366 g/mol. The lowest BCUT2D eigenvalue weighted by atomic mass is 9.81. The number of oxazole rings is 1. The molecule has 1 amide bonds. The Morgan fingerprint density at radius 2 is 1.88 bits per heavy atom. The minimum absolute atomic E-state index is 0.0102. The number of anilines is 1. The Morgan fingerprint density at radius 3 is 2.46 bits per heavy atom. The fourth-order valence-corrected chi connectivity index (χ4v) is 3.34. The molecule has 7 heteroatoms. The maximum Gasteiger partial charge on any atom is 0.391 e. The van der Waals surface area contributed by atoms with Crippen molar-refractivity contribution in [1.29, 1.82) is 0 Å². The Kier molecular flexibility index (Phi) is 5.07. The number of hydrogen-bond acceptors (Lipinski definition) is 3. The van der Waals surface area contributed by atoms with Crippen molar-refractivity contribution in [1.82, 2.24) is 4.98 Å². The number of alkyl halides is 3. The second kappa shape index (κ2) is 7.13. The third-order valence-corrected chi connectivity index (χ3v) is 4.92. The van der Waals surface area contributed by atoms with E-state index in [-0.39, 0.29) is 37.5 Å². The van der Waals surface area contributed by atoms with E-state index >= 15 is 0 Å². The van der Waals surface area contributed by atoms with Gasteiger partial charge in [-0.2, -0.15) is 13.2 Å². The molecule has 0 spiro atoms. The van der Waals surface area contributed by atoms with Crippen LogP contribution in [0.5, 0.6) is 0 Å². The normalized spacial score (nSPS) is 20.8. The maximum atomic E-state index is 12.7. The van der Waals surface area contributed by atoms with Gasteiger partial charge in [-0.1, -0.05) is 6.07 Å². The number of carbonyl (C=O) groups is 1. The van der Waals surface area contributed by atoms with Crippen LogP contribution in [-0.4, -0.2) is 17.1 Å². The van der Waals surface area contributed by atoms with Gasteiger partial charge in [0.15, 0.2) is 0 Å². The van der Waals surface area contributed by atoms with Gasteiger partial charge in [-0.05, 0) is 57.2 Å². The molecule has 0 saturated heterocycles. The number of aromatic nitrogens is 1. The number of nitrogens with zero attached hydrogens (tertiary/aromatic N) is 1. The van der Waals surface area contributed by atoms with Crippen LogP contribution in [0.15, 0.2) is 28.9 Å². The molecule has 0 bridgehead atoms. The highest BCUT2D eigenvalue weighted by Crippen LogP contribution is 2.39. The first-order chi connectivity index (χ1) is 12.2. The number of nitrogens with one attached hydrogen (secondary N) is 1. The standard InChI is InChI=1S/C19H21F3N2O2/c1-11-3-8-15(9-16(11)18-23-12(2)10-26-18)24-17(25)13-4-6-14(7-5-13)19(20,21)22/h3,8-10,13-14H,4-7H2,1-2H3,(H,24,25). The van der Waals surface area contributed by atoms with E-state index in [0.717, 1.165) is 16.8 Å². The third-order valence-electron chi connectivity index (χ3n) is 4.92. The molecule has 1 aliphatic carbocycles. The van der Waals surface area contributed by atoms with Crippen molar-refractivity contribution < 1.29 is 22.4 Å². The molecule has 0 atom stereocenters. The summed E-state index contributed by atoms with van der Waals surface area (Å²) in [6.45, 7) is 3.74. The fourth-order valence-electron chi connectivity index (χ4n) is 3.34. The summed E-state index contributed by atoms with van der Waals surface area (Å²) in [5.41, 5.74) is 3.08. The topological polar surface area (TPSA) is 55.1 Å². The zero-order valence-electron chi connectivity index (χ0n) is 14.7. The van der Waals surface area contributed by atoms with Crippen LogP contribution < -0.4 is 5.32 Å². The van der Waals surface area contributed by atoms with Gasteiger partial charge in [-0.25, -0.2) is 4.98 Å². The zero-order valence-corrected chi connectivity index (χ0v) is 14.7. The molecule has 0 aliphatic heterocycles. The summed E-state index contributed by atoms with van der Waals surface area (Å²) in [6, 6.07) is 5.40. The lowest BCUT2D eigenvalue weighted by molar-refractivity contribution is -0.184. The van der Waals surface area contributed by atoms with Crippen LogP contribution in [0.4, 0.5) is 18.9 Å². The van der Waals surface area contributed by atoms with E-state index in [2.05, 4.69) is 10.3 Å². The second-order valence-electron chi connectivity index (χ2n) is 6.90. The number of benzene rings is 1. The molecule has 1 aromatic carbocycles. The number of carbonyl (C=O) groups excluding carboxylic acids is 1. The number of amides is 1. The summed E-state index contributed by atoms with van der Waals surface area (Å²) in [7, 11) is 0. The first-order valence-electron chi connectivity index (χ1n) is 8.65. The molecule has 140 valence electrons. The SMILES string of the molecule is Cc1coc(-c2cc(NC(=O)C3CCC(C(F)(F)F)CC3)ccc2C)n1. The summed E-state index contributed by atoms with van der Waals surface area (Å²) in [6.07, 6.45) is -2.07. The van der Waals surface area contributed by atoms with Gasteiger partial charge in [0.05, 0.1) is 11.6 Å². The van der Waals surface area contributed by atoms with E-state index in [9.17, 15) is 18.0 Å². The highest BCUT2D eigenvalue weighted by atomic mass is 19.4. The number of hydrogen-bond donors (Lipinski definition) is 1. The molecular weight excluding hydrogens is 345 g/mol. The quantitative estimate of drug-likeness (QED) is 0.805. The Balaban J connectivity index is 1.67. The summed E-state index contributed by atoms with van der Waals surface area (Å²) < 4.78 is 43.7. The minimum atomic E-state index is -4.17. The smallest absolute Gasteiger partial charge is 0.391 e. The molecule has 1 heterocycles. The Morgan fingerprint density at radius 1 is 1.19 bits per heavy atom. The molecule has 4 nitrogen and oxygen atoms in total. The molecule has 1 aliphatic rings. The van der Waals surface area contributed by atoms with Crippen molar-refractivity contribution in [2.45, 2.75) is 45.7 Å². The van der Waals surface area contributed by atoms with Crippen LogP contribution in [0, 0.1) is 25.7 Å². The van der Waals surface area contributed by atoms with Crippen molar-refractivity contribution in [2.75, 3.05) is 5.32 Å². The van der Waals surface area contributed by atoms with Gasteiger partial charge < -0.3 is 9.73 Å². The van der Waals surface area contributed by atoms with Crippen molar-refractivity contribution in [3.63, 3.8) is 0 Å². The van der Waals surface area contributed by atoms with Crippen LogP contribution in [-0.2, 0) is 4.79 Å². The lowest BCUT2D eigenvalue weighted by Gasteiger charge is -2.29. The van der Waals surface area contributed by atoms with E-state index in [4.69, 9.17) is 4.42 Å². The van der Waals surface area contributed by atoms with Crippen LogP contribution in [0.2, 0.25) is 0 Å². The molecule has 2 aromatic rings. The monoisotopic (exact) mass is 366 g/mol. The van der Waals surface area contributed by atoms with E-state index in [1.54, 1.807) is 18.4 Å². The second-order valence-corrected chi connectivity index (χ2v) is 6.90. The zero-order chi connectivity index (χ0) is 18.9. The van der Waals surface area contributed by atoms with Crippen LogP contribution in [0.3, 0.4) is 0 Å². The molecule has 0 unspecified atom stereocenters. The van der Waals surface area contributed by atoms with Gasteiger partial charge >= 0.3 is 6.18 Å². The number of halogens is 3. The fraction of sp³-hybridized carbons (Fsp3) is 0.474. The Labute approximate surface area is 149 Å². The van der Waals surface area contributed by atoms with E-state index in [1.165, 1.54) is 0 Å². The van der Waals surface area contributed by atoms with Gasteiger partial charge in [0.2, 0.25) is 11.8 Å². The lowest BCUT2D eigenvalue weighted by Crippen LogP contribution is -2.32. The average Bonchev–Trinajstić information content (AvgIpc) is 3.02. The maximum absolute atomic E-state index is 12.7. The van der Waals surface area contributed by atoms with Crippen molar-refractivity contribution in [2.24, 2.45) is 11.8 Å². The first kappa shape index (κ1) is 18.5. The van der Waals surface area contributed by atoms with E-state index in [1.807, 2.05) is 19.9 Å². The molecule has 1 fully saturated rings. The molecular formula is C19H21F3N2O2. The molecule has 3 rings (SSSR count). The molecule has 1 N–H and O–H groups in total. The first-order valence-corrected chi connectivity index (χ1v) is 8.65. The van der Waals surface area contributed by atoms with Crippen molar-refractivity contribution in [3.05, 3.63) is 35.7 Å². The molecule has 0 radical (unpaired) electrons. The molecule has 26 heavy (non-hydrogen) atoms. The summed E-state index contributed by atoms with van der Waals surface area (Å²) in [5, 5.41) is 2.82. The van der Waals surface area contributed by atoms with Gasteiger partial charge in [0.1, 0.15) is 6.26 Å². The highest BCUT2D eigenvalue weighted by molar-refractivity contribution is 5.93. The summed E-state index contributed by atoms with van der Waals surface area (Å²) in [4.78, 5) is 16.7. The molecule has 1 saturated carbocycles. The van der Waals surface area contributed by atoms with Gasteiger partial charge in [-0.3, -0.25) is 4.79 Å². The van der Waals surface area contributed by atoms with Gasteiger partial charge in [0.25, 0.3) is 0 Å². The molecule has 1 aromatic heterocycles. The van der Waals surface area contributed by atoms with Gasteiger partial charge in [0, 0.05) is 17.2 Å². The van der Waals surface area contributed by atoms with Crippen LogP contribution in [0.1, 0.15) is 36.9 Å². The van der Waals surface area contributed by atoms with E-state index in [0.29, 0.717) is 11.6 Å². The predicted octanol–water partition coefficient (Wildman–Crippen LogP) is 5.27. The van der Waals surface area contributed by atoms with E-state index < -0.39 is 12.1 Å². The largest absolute Gasteiger partial charge is 0.444 e. The predicted molar refractivity (Wildman–Crippen MR) is 91.5 cm³/mol. The van der Waals surface area contributed by atoms with Gasteiger partial charge in [-0.15, -0.1) is 0 Å². The third kappa shape index (κ3) is 4.08. The van der Waals surface area contributed by atoms with Crippen LogP contribution >= 0.6 is 0 Å².